The Morgan fingerprint density at radius 1 is 1.28 bits per heavy atom. The molecule has 6 nitrogen and oxygen atoms in total. The van der Waals surface area contributed by atoms with Gasteiger partial charge in [-0.15, -0.1) is 0 Å². The lowest BCUT2D eigenvalue weighted by Gasteiger charge is -2.14. The van der Waals surface area contributed by atoms with Gasteiger partial charge in [-0.2, -0.15) is 0 Å². The fraction of sp³-hybridized carbons (Fsp3) is 0.833. The summed E-state index contributed by atoms with van der Waals surface area (Å²) in [4.78, 5) is 33.5. The number of nitrogens with one attached hydrogen (secondary N) is 1. The SMILES string of the molecule is CCOC(=O)NC(CCCC[N+](=O)CC)C(C)=O. The maximum atomic E-state index is 11.3. The minimum atomic E-state index is -0.572. The van der Waals surface area contributed by atoms with Crippen LogP contribution in [0.4, 0.5) is 4.79 Å². The summed E-state index contributed by atoms with van der Waals surface area (Å²) in [6.07, 6.45) is 1.39. The number of nitrogens with zero attached hydrogens (tertiary/aromatic N) is 1. The predicted octanol–water partition coefficient (Wildman–Crippen LogP) is 1.66. The molecule has 1 atom stereocenters. The third-order valence-corrected chi connectivity index (χ3v) is 2.56. The van der Waals surface area contributed by atoms with Gasteiger partial charge >= 0.3 is 6.09 Å². The summed E-state index contributed by atoms with van der Waals surface area (Å²) in [6, 6.07) is -0.522. The van der Waals surface area contributed by atoms with Gasteiger partial charge in [-0.05, 0) is 38.4 Å². The van der Waals surface area contributed by atoms with Crippen LogP contribution in [0.3, 0.4) is 0 Å². The second-order valence-electron chi connectivity index (χ2n) is 4.05. The van der Waals surface area contributed by atoms with E-state index in [-0.39, 0.29) is 12.4 Å². The van der Waals surface area contributed by atoms with Crippen molar-refractivity contribution in [3.05, 3.63) is 4.91 Å². The van der Waals surface area contributed by atoms with Crippen LogP contribution in [0.25, 0.3) is 0 Å². The minimum Gasteiger partial charge on any atom is -0.450 e. The molecular formula is C12H23N2O4+. The smallest absolute Gasteiger partial charge is 0.407 e. The Balaban J connectivity index is 3.94. The van der Waals surface area contributed by atoms with Gasteiger partial charge in [0.15, 0.2) is 18.9 Å². The summed E-state index contributed by atoms with van der Waals surface area (Å²) in [6.45, 7) is 6.14. The van der Waals surface area contributed by atoms with E-state index in [1.807, 2.05) is 0 Å². The van der Waals surface area contributed by atoms with E-state index >= 15 is 0 Å². The number of carbonyl (C=O) groups excluding carboxylic acids is 2. The molecule has 1 unspecified atom stereocenters. The highest BCUT2D eigenvalue weighted by Crippen LogP contribution is 2.03. The van der Waals surface area contributed by atoms with Crippen molar-refractivity contribution >= 4 is 11.9 Å². The zero-order chi connectivity index (χ0) is 14.0. The minimum absolute atomic E-state index is 0.0995. The number of hydrogen-bond donors (Lipinski definition) is 1. The zero-order valence-electron chi connectivity index (χ0n) is 11.4. The number of ketones is 1. The molecule has 0 aromatic heterocycles. The van der Waals surface area contributed by atoms with Crippen molar-refractivity contribution in [1.82, 2.24) is 5.32 Å². The standard InChI is InChI=1S/C12H22N2O4/c1-4-14(17)9-7-6-8-11(10(3)15)13-12(16)18-5-2/h11H,4-9H2,1-3H3/p+1. The Kier molecular flexibility index (Phi) is 8.78. The summed E-state index contributed by atoms with van der Waals surface area (Å²) in [5.41, 5.74) is 0. The van der Waals surface area contributed by atoms with E-state index < -0.39 is 12.1 Å². The van der Waals surface area contributed by atoms with E-state index in [4.69, 9.17) is 4.74 Å². The lowest BCUT2D eigenvalue weighted by molar-refractivity contribution is -0.545. The third-order valence-electron chi connectivity index (χ3n) is 2.56. The van der Waals surface area contributed by atoms with Gasteiger partial charge in [0.1, 0.15) is 0 Å². The van der Waals surface area contributed by atoms with Crippen LogP contribution < -0.4 is 5.32 Å². The number of amides is 1. The van der Waals surface area contributed by atoms with Gasteiger partial charge in [0.05, 0.1) is 12.6 Å². The second kappa shape index (κ2) is 9.56. The first-order valence-corrected chi connectivity index (χ1v) is 6.37. The van der Waals surface area contributed by atoms with Crippen LogP contribution >= 0.6 is 0 Å². The molecule has 0 saturated carbocycles. The maximum absolute atomic E-state index is 11.3. The lowest BCUT2D eigenvalue weighted by Crippen LogP contribution is -2.40. The summed E-state index contributed by atoms with van der Waals surface area (Å²) >= 11 is 0. The summed E-state index contributed by atoms with van der Waals surface area (Å²) in [7, 11) is 0. The van der Waals surface area contributed by atoms with Gasteiger partial charge in [0, 0.05) is 11.3 Å². The van der Waals surface area contributed by atoms with Gasteiger partial charge in [-0.25, -0.2) is 4.79 Å². The number of alkyl carbamates (subject to hydrolysis) is 1. The second-order valence-corrected chi connectivity index (χ2v) is 4.05. The predicted molar refractivity (Wildman–Crippen MR) is 67.5 cm³/mol. The summed E-state index contributed by atoms with van der Waals surface area (Å²) in [5.74, 6) is -0.0995. The first-order chi connectivity index (χ1) is 8.51. The molecule has 0 aliphatic rings. The first-order valence-electron chi connectivity index (χ1n) is 6.37. The topological polar surface area (TPSA) is 75.5 Å². The highest BCUT2D eigenvalue weighted by Gasteiger charge is 2.17. The molecule has 0 aromatic rings. The molecule has 0 aliphatic carbocycles. The van der Waals surface area contributed by atoms with E-state index in [0.717, 1.165) is 11.2 Å². The molecule has 18 heavy (non-hydrogen) atoms. The monoisotopic (exact) mass is 259 g/mol. The zero-order valence-corrected chi connectivity index (χ0v) is 11.4. The fourth-order valence-electron chi connectivity index (χ4n) is 1.49. The molecular weight excluding hydrogens is 236 g/mol. The molecule has 0 bridgehead atoms. The van der Waals surface area contributed by atoms with Crippen LogP contribution in [-0.4, -0.2) is 42.4 Å². The molecule has 0 spiro atoms. The van der Waals surface area contributed by atoms with E-state index in [1.165, 1.54) is 6.92 Å². The number of carbonyl (C=O) groups is 2. The molecule has 0 saturated heterocycles. The van der Waals surface area contributed by atoms with Crippen LogP contribution in [0.2, 0.25) is 0 Å². The Morgan fingerprint density at radius 3 is 2.44 bits per heavy atom. The molecule has 0 fully saturated rings. The maximum Gasteiger partial charge on any atom is 0.407 e. The molecule has 1 amide bonds. The van der Waals surface area contributed by atoms with Crippen molar-refractivity contribution in [2.75, 3.05) is 19.7 Å². The summed E-state index contributed by atoms with van der Waals surface area (Å²) in [5, 5.41) is 2.52. The number of Topliss-reactive ketones (excluding diaryl/α,β-unsaturated/α-hetero) is 1. The molecule has 0 heterocycles. The fourth-order valence-corrected chi connectivity index (χ4v) is 1.49. The Bertz CT molecular complexity index is 292. The number of rotatable bonds is 9. The molecule has 0 radical (unpaired) electrons. The number of nitroso groups, excluding NO2 is 1. The van der Waals surface area contributed by atoms with Crippen LogP contribution in [0.5, 0.6) is 0 Å². The normalized spacial score (nSPS) is 11.7. The average molecular weight is 259 g/mol. The van der Waals surface area contributed by atoms with Gasteiger partial charge in [-0.3, -0.25) is 4.79 Å². The Morgan fingerprint density at radius 2 is 1.94 bits per heavy atom. The lowest BCUT2D eigenvalue weighted by atomic mass is 10.1. The number of hydrogen-bond acceptors (Lipinski definition) is 4. The largest absolute Gasteiger partial charge is 0.450 e. The van der Waals surface area contributed by atoms with Gasteiger partial charge in [-0.1, -0.05) is 0 Å². The van der Waals surface area contributed by atoms with E-state index in [1.54, 1.807) is 13.8 Å². The highest BCUT2D eigenvalue weighted by molar-refractivity contribution is 5.85. The average Bonchev–Trinajstić information content (AvgIpc) is 2.32. The van der Waals surface area contributed by atoms with E-state index in [2.05, 4.69) is 5.32 Å². The van der Waals surface area contributed by atoms with Crippen molar-refractivity contribution in [1.29, 1.82) is 0 Å². The van der Waals surface area contributed by atoms with Crippen LogP contribution in [-0.2, 0) is 9.53 Å². The molecule has 104 valence electrons. The van der Waals surface area contributed by atoms with Gasteiger partial charge in [0.2, 0.25) is 0 Å². The molecule has 0 rings (SSSR count). The van der Waals surface area contributed by atoms with Crippen LogP contribution in [0.15, 0.2) is 0 Å². The molecule has 0 aliphatic heterocycles. The quantitative estimate of drug-likeness (QED) is 0.504. The first kappa shape index (κ1) is 16.5. The van der Waals surface area contributed by atoms with Crippen LogP contribution in [0, 0.1) is 4.91 Å². The van der Waals surface area contributed by atoms with Gasteiger partial charge < -0.3 is 10.1 Å². The molecule has 0 aromatic carbocycles. The molecule has 6 heteroatoms. The van der Waals surface area contributed by atoms with Crippen LogP contribution in [0.1, 0.15) is 40.0 Å². The van der Waals surface area contributed by atoms with Crippen molar-refractivity contribution < 1.29 is 19.1 Å². The number of ether oxygens (including phenoxy) is 1. The van der Waals surface area contributed by atoms with E-state index in [9.17, 15) is 14.5 Å². The summed E-state index contributed by atoms with van der Waals surface area (Å²) < 4.78 is 5.70. The Hall–Kier alpha value is -1.46. The third kappa shape index (κ3) is 7.76. The van der Waals surface area contributed by atoms with Crippen molar-refractivity contribution in [2.45, 2.75) is 46.1 Å². The number of unbranched alkanes of at least 4 members (excludes halogenated alkanes) is 1. The van der Waals surface area contributed by atoms with Crippen molar-refractivity contribution in [3.63, 3.8) is 0 Å². The Labute approximate surface area is 108 Å². The van der Waals surface area contributed by atoms with E-state index in [0.29, 0.717) is 25.9 Å². The van der Waals surface area contributed by atoms with Gasteiger partial charge in [0.25, 0.3) is 0 Å². The highest BCUT2D eigenvalue weighted by atomic mass is 16.5. The van der Waals surface area contributed by atoms with Crippen molar-refractivity contribution in [2.24, 2.45) is 0 Å². The molecule has 1 N–H and O–H groups in total. The van der Waals surface area contributed by atoms with Crippen molar-refractivity contribution in [3.8, 4) is 0 Å².